The quantitative estimate of drug-likeness (QED) is 0.655. The van der Waals surface area contributed by atoms with Crippen molar-refractivity contribution < 1.29 is 14.6 Å². The number of nitrogens with zero attached hydrogens (tertiary/aromatic N) is 4. The number of aliphatic hydroxyl groups is 1. The molecule has 3 aromatic rings. The van der Waals surface area contributed by atoms with E-state index >= 15 is 0 Å². The normalized spacial score (nSPS) is 13.1. The SMILES string of the molecule is CC(C)c1ncc(-c2ccc3c(c2)c(C(C)O)nn3CC(=O)OC(C)(C)C)cn1. The molecule has 1 atom stereocenters. The lowest BCUT2D eigenvalue weighted by Gasteiger charge is -2.19. The van der Waals surface area contributed by atoms with Crippen LogP contribution in [0.5, 0.6) is 0 Å². The van der Waals surface area contributed by atoms with Crippen LogP contribution in [0.1, 0.15) is 65.1 Å². The number of carbonyl (C=O) groups excluding carboxylic acids is 1. The maximum absolute atomic E-state index is 12.3. The second-order valence-corrected chi connectivity index (χ2v) is 8.52. The average molecular weight is 396 g/mol. The highest BCUT2D eigenvalue weighted by Crippen LogP contribution is 2.29. The maximum Gasteiger partial charge on any atom is 0.328 e. The molecule has 0 bridgehead atoms. The lowest BCUT2D eigenvalue weighted by molar-refractivity contribution is -0.155. The van der Waals surface area contributed by atoms with Crippen molar-refractivity contribution in [2.24, 2.45) is 0 Å². The van der Waals surface area contributed by atoms with Crippen LogP contribution in [0.2, 0.25) is 0 Å². The Balaban J connectivity index is 1.99. The van der Waals surface area contributed by atoms with Crippen molar-refractivity contribution in [2.75, 3.05) is 0 Å². The van der Waals surface area contributed by atoms with E-state index < -0.39 is 11.7 Å². The van der Waals surface area contributed by atoms with E-state index in [1.165, 1.54) is 0 Å². The molecule has 1 aromatic carbocycles. The van der Waals surface area contributed by atoms with Gasteiger partial charge in [-0.25, -0.2) is 9.97 Å². The monoisotopic (exact) mass is 396 g/mol. The van der Waals surface area contributed by atoms with Crippen molar-refractivity contribution in [1.29, 1.82) is 0 Å². The second-order valence-electron chi connectivity index (χ2n) is 8.52. The summed E-state index contributed by atoms with van der Waals surface area (Å²) >= 11 is 0. The number of hydrogen-bond acceptors (Lipinski definition) is 6. The van der Waals surface area contributed by atoms with Gasteiger partial charge in [0.25, 0.3) is 0 Å². The van der Waals surface area contributed by atoms with Gasteiger partial charge in [0, 0.05) is 29.3 Å². The third kappa shape index (κ3) is 4.79. The Morgan fingerprint density at radius 2 is 1.79 bits per heavy atom. The highest BCUT2D eigenvalue weighted by molar-refractivity contribution is 5.88. The molecule has 0 radical (unpaired) electrons. The van der Waals surface area contributed by atoms with Crippen LogP contribution in [0.4, 0.5) is 0 Å². The van der Waals surface area contributed by atoms with E-state index in [9.17, 15) is 9.90 Å². The Bertz CT molecular complexity index is 1010. The van der Waals surface area contributed by atoms with Crippen LogP contribution in [0.25, 0.3) is 22.0 Å². The van der Waals surface area contributed by atoms with Gasteiger partial charge in [-0.05, 0) is 45.4 Å². The maximum atomic E-state index is 12.3. The first-order valence-electron chi connectivity index (χ1n) is 9.78. The van der Waals surface area contributed by atoms with E-state index in [-0.39, 0.29) is 18.4 Å². The van der Waals surface area contributed by atoms with Gasteiger partial charge in [-0.2, -0.15) is 5.10 Å². The fourth-order valence-corrected chi connectivity index (χ4v) is 3.09. The molecule has 1 N–H and O–H groups in total. The average Bonchev–Trinajstić information content (AvgIpc) is 2.98. The van der Waals surface area contributed by atoms with Crippen LogP contribution in [0, 0.1) is 0 Å². The Morgan fingerprint density at radius 1 is 1.14 bits per heavy atom. The van der Waals surface area contributed by atoms with Gasteiger partial charge < -0.3 is 9.84 Å². The van der Waals surface area contributed by atoms with Gasteiger partial charge in [0.1, 0.15) is 18.0 Å². The molecular formula is C22H28N4O3. The van der Waals surface area contributed by atoms with Crippen molar-refractivity contribution >= 4 is 16.9 Å². The zero-order chi connectivity index (χ0) is 21.3. The first kappa shape index (κ1) is 20.9. The lowest BCUT2D eigenvalue weighted by atomic mass is 10.0. The zero-order valence-electron chi connectivity index (χ0n) is 17.8. The van der Waals surface area contributed by atoms with E-state index in [0.29, 0.717) is 5.69 Å². The van der Waals surface area contributed by atoms with Gasteiger partial charge in [0.05, 0.1) is 17.3 Å². The van der Waals surface area contributed by atoms with Crippen molar-refractivity contribution in [3.05, 3.63) is 42.1 Å². The molecule has 0 aliphatic heterocycles. The first-order chi connectivity index (χ1) is 13.5. The van der Waals surface area contributed by atoms with E-state index in [4.69, 9.17) is 4.74 Å². The van der Waals surface area contributed by atoms with Crippen molar-refractivity contribution in [2.45, 2.75) is 65.7 Å². The molecule has 0 saturated carbocycles. The number of rotatable bonds is 5. The summed E-state index contributed by atoms with van der Waals surface area (Å²) in [7, 11) is 0. The fraction of sp³-hybridized carbons (Fsp3) is 0.455. The van der Waals surface area contributed by atoms with Gasteiger partial charge in [0.2, 0.25) is 0 Å². The molecule has 0 saturated heterocycles. The Morgan fingerprint density at radius 3 is 2.34 bits per heavy atom. The number of aliphatic hydroxyl groups excluding tert-OH is 1. The summed E-state index contributed by atoms with van der Waals surface area (Å²) in [6, 6.07) is 5.78. The molecular weight excluding hydrogens is 368 g/mol. The number of esters is 1. The van der Waals surface area contributed by atoms with Crippen LogP contribution >= 0.6 is 0 Å². The smallest absolute Gasteiger partial charge is 0.328 e. The lowest BCUT2D eigenvalue weighted by Crippen LogP contribution is -2.26. The molecule has 7 heteroatoms. The number of aromatic nitrogens is 4. The van der Waals surface area contributed by atoms with E-state index in [1.54, 1.807) is 24.0 Å². The van der Waals surface area contributed by atoms with Crippen LogP contribution in [0.3, 0.4) is 0 Å². The van der Waals surface area contributed by atoms with Crippen LogP contribution in [-0.4, -0.2) is 36.4 Å². The molecule has 154 valence electrons. The molecule has 7 nitrogen and oxygen atoms in total. The topological polar surface area (TPSA) is 90.1 Å². The van der Waals surface area contributed by atoms with Gasteiger partial charge >= 0.3 is 5.97 Å². The van der Waals surface area contributed by atoms with E-state index in [0.717, 1.165) is 27.9 Å². The van der Waals surface area contributed by atoms with Crippen LogP contribution in [-0.2, 0) is 16.1 Å². The van der Waals surface area contributed by atoms with Crippen LogP contribution < -0.4 is 0 Å². The summed E-state index contributed by atoms with van der Waals surface area (Å²) in [5.74, 6) is 0.685. The van der Waals surface area contributed by atoms with Gasteiger partial charge in [-0.1, -0.05) is 19.9 Å². The third-order valence-corrected chi connectivity index (χ3v) is 4.40. The molecule has 3 rings (SSSR count). The number of carbonyl (C=O) groups is 1. The number of hydrogen-bond donors (Lipinski definition) is 1. The standard InChI is InChI=1S/C22H28N4O3/c1-13(2)21-23-10-16(11-24-21)15-7-8-18-17(9-15)20(14(3)27)25-26(18)12-19(28)29-22(4,5)6/h7-11,13-14,27H,12H2,1-6H3. The van der Waals surface area contributed by atoms with Gasteiger partial charge in [-0.15, -0.1) is 0 Å². The summed E-state index contributed by atoms with van der Waals surface area (Å²) in [5.41, 5.74) is 2.52. The molecule has 1 unspecified atom stereocenters. The molecule has 2 aromatic heterocycles. The van der Waals surface area contributed by atoms with E-state index in [1.807, 2.05) is 39.0 Å². The minimum absolute atomic E-state index is 0.0218. The molecule has 0 fully saturated rings. The Kier molecular flexibility index (Phi) is 5.71. The molecule has 0 spiro atoms. The van der Waals surface area contributed by atoms with E-state index in [2.05, 4.69) is 28.9 Å². The van der Waals surface area contributed by atoms with Crippen molar-refractivity contribution in [3.63, 3.8) is 0 Å². The minimum Gasteiger partial charge on any atom is -0.459 e. The molecule has 0 aliphatic carbocycles. The predicted molar refractivity (Wildman–Crippen MR) is 111 cm³/mol. The summed E-state index contributed by atoms with van der Waals surface area (Å²) in [4.78, 5) is 21.1. The highest BCUT2D eigenvalue weighted by atomic mass is 16.6. The summed E-state index contributed by atoms with van der Waals surface area (Å²) < 4.78 is 6.98. The predicted octanol–water partition coefficient (Wildman–Crippen LogP) is 4.01. The molecule has 29 heavy (non-hydrogen) atoms. The van der Waals surface area contributed by atoms with Gasteiger partial charge in [-0.3, -0.25) is 9.48 Å². The van der Waals surface area contributed by atoms with Crippen molar-refractivity contribution in [3.8, 4) is 11.1 Å². The largest absolute Gasteiger partial charge is 0.459 e. The summed E-state index contributed by atoms with van der Waals surface area (Å²) in [5, 5.41) is 15.4. The molecule has 0 aliphatic rings. The third-order valence-electron chi connectivity index (χ3n) is 4.40. The Labute approximate surface area is 170 Å². The highest BCUT2D eigenvalue weighted by Gasteiger charge is 2.21. The second kappa shape index (κ2) is 7.91. The number of benzene rings is 1. The molecule has 0 amide bonds. The minimum atomic E-state index is -0.771. The Hall–Kier alpha value is -2.80. The molecule has 2 heterocycles. The fourth-order valence-electron chi connectivity index (χ4n) is 3.09. The van der Waals surface area contributed by atoms with Gasteiger partial charge in [0.15, 0.2) is 0 Å². The first-order valence-corrected chi connectivity index (χ1v) is 9.78. The summed E-state index contributed by atoms with van der Waals surface area (Å²) in [6.07, 6.45) is 2.83. The zero-order valence-corrected chi connectivity index (χ0v) is 17.8. The van der Waals surface area contributed by atoms with Crippen molar-refractivity contribution in [1.82, 2.24) is 19.7 Å². The summed E-state index contributed by atoms with van der Waals surface area (Å²) in [6.45, 7) is 11.2. The number of ether oxygens (including phenoxy) is 1. The van der Waals surface area contributed by atoms with Crippen LogP contribution in [0.15, 0.2) is 30.6 Å². The number of fused-ring (bicyclic) bond motifs is 1.